The summed E-state index contributed by atoms with van der Waals surface area (Å²) in [5, 5.41) is 2.77. The molecule has 3 rings (SSSR count). The molecule has 0 aromatic heterocycles. The van der Waals surface area contributed by atoms with Gasteiger partial charge in [0.1, 0.15) is 0 Å². The molecule has 0 saturated heterocycles. The molecule has 3 aromatic rings. The fraction of sp³-hybridized carbons (Fsp3) is 0.0909. The summed E-state index contributed by atoms with van der Waals surface area (Å²) in [7, 11) is -3.93. The molecule has 148 valence electrons. The van der Waals surface area contributed by atoms with Gasteiger partial charge in [0, 0.05) is 11.3 Å². The van der Waals surface area contributed by atoms with Crippen LogP contribution in [0.2, 0.25) is 0 Å². The molecule has 1 amide bonds. The summed E-state index contributed by atoms with van der Waals surface area (Å²) in [6, 6.07) is 19.3. The van der Waals surface area contributed by atoms with E-state index in [4.69, 9.17) is 0 Å². The highest BCUT2D eigenvalue weighted by molar-refractivity contribution is 7.92. The van der Waals surface area contributed by atoms with E-state index in [-0.39, 0.29) is 21.9 Å². The van der Waals surface area contributed by atoms with Crippen LogP contribution >= 0.6 is 0 Å². The number of nitrogens with one attached hydrogen (secondary N) is 2. The van der Waals surface area contributed by atoms with Gasteiger partial charge in [-0.2, -0.15) is 0 Å². The minimum absolute atomic E-state index is 0.00334. The van der Waals surface area contributed by atoms with Crippen molar-refractivity contribution in [2.45, 2.75) is 18.7 Å². The Labute approximate surface area is 169 Å². The number of anilines is 2. The zero-order chi connectivity index (χ0) is 21.0. The van der Waals surface area contributed by atoms with Gasteiger partial charge in [-0.1, -0.05) is 36.4 Å². The second-order valence-electron chi connectivity index (χ2n) is 6.56. The topological polar surface area (TPSA) is 92.3 Å². The molecule has 0 radical (unpaired) electrons. The number of hydrogen-bond donors (Lipinski definition) is 2. The van der Waals surface area contributed by atoms with Gasteiger partial charge in [-0.15, -0.1) is 0 Å². The highest BCUT2D eigenvalue weighted by Crippen LogP contribution is 2.22. The van der Waals surface area contributed by atoms with Crippen molar-refractivity contribution in [1.29, 1.82) is 0 Å². The Morgan fingerprint density at radius 2 is 1.55 bits per heavy atom. The molecule has 0 aliphatic heterocycles. The van der Waals surface area contributed by atoms with Crippen molar-refractivity contribution >= 4 is 33.1 Å². The van der Waals surface area contributed by atoms with Gasteiger partial charge in [0.2, 0.25) is 0 Å². The SMILES string of the molecule is CC(=O)c1ccc(S(=O)(=O)Nc2ccccc2C(=O)Nc2cccc(C)c2)cc1. The number of sulfonamides is 1. The van der Waals surface area contributed by atoms with Crippen LogP contribution in [0.3, 0.4) is 0 Å². The van der Waals surface area contributed by atoms with Crippen molar-refractivity contribution in [3.05, 3.63) is 89.5 Å². The third kappa shape index (κ3) is 4.89. The number of amides is 1. The predicted octanol–water partition coefficient (Wildman–Crippen LogP) is 4.25. The van der Waals surface area contributed by atoms with Gasteiger partial charge in [0.15, 0.2) is 5.78 Å². The Bertz CT molecular complexity index is 1170. The van der Waals surface area contributed by atoms with Crippen LogP contribution in [-0.2, 0) is 10.0 Å². The van der Waals surface area contributed by atoms with Crippen molar-refractivity contribution < 1.29 is 18.0 Å². The molecule has 0 spiro atoms. The number of hydrogen-bond acceptors (Lipinski definition) is 4. The molecular formula is C22H20N2O4S. The summed E-state index contributed by atoms with van der Waals surface area (Å²) in [5.74, 6) is -0.582. The zero-order valence-corrected chi connectivity index (χ0v) is 16.8. The van der Waals surface area contributed by atoms with Crippen LogP contribution in [0.5, 0.6) is 0 Å². The van der Waals surface area contributed by atoms with Crippen LogP contribution in [0.1, 0.15) is 33.2 Å². The number of ketones is 1. The molecule has 0 aliphatic rings. The van der Waals surface area contributed by atoms with Crippen molar-refractivity contribution in [2.75, 3.05) is 10.0 Å². The Hall–Kier alpha value is -3.45. The summed E-state index contributed by atoms with van der Waals surface area (Å²) in [4.78, 5) is 24.1. The molecular weight excluding hydrogens is 388 g/mol. The van der Waals surface area contributed by atoms with E-state index in [0.29, 0.717) is 11.3 Å². The van der Waals surface area contributed by atoms with E-state index in [0.717, 1.165) is 5.56 Å². The number of rotatable bonds is 6. The van der Waals surface area contributed by atoms with Gasteiger partial charge in [-0.3, -0.25) is 14.3 Å². The van der Waals surface area contributed by atoms with Gasteiger partial charge < -0.3 is 5.32 Å². The number of carbonyl (C=O) groups is 2. The maximum Gasteiger partial charge on any atom is 0.261 e. The molecule has 7 heteroatoms. The smallest absolute Gasteiger partial charge is 0.261 e. The third-order valence-electron chi connectivity index (χ3n) is 4.26. The second-order valence-corrected chi connectivity index (χ2v) is 8.24. The predicted molar refractivity (Wildman–Crippen MR) is 113 cm³/mol. The van der Waals surface area contributed by atoms with Gasteiger partial charge >= 0.3 is 0 Å². The largest absolute Gasteiger partial charge is 0.322 e. The van der Waals surface area contributed by atoms with Crippen LogP contribution in [0.4, 0.5) is 11.4 Å². The van der Waals surface area contributed by atoms with Gasteiger partial charge in [-0.25, -0.2) is 8.42 Å². The minimum atomic E-state index is -3.93. The zero-order valence-electron chi connectivity index (χ0n) is 16.0. The fourth-order valence-electron chi connectivity index (χ4n) is 2.76. The second kappa shape index (κ2) is 8.28. The van der Waals surface area contributed by atoms with Gasteiger partial charge in [0.25, 0.3) is 15.9 Å². The molecule has 0 bridgehead atoms. The molecule has 0 saturated carbocycles. The van der Waals surface area contributed by atoms with Crippen LogP contribution in [-0.4, -0.2) is 20.1 Å². The van der Waals surface area contributed by atoms with E-state index in [2.05, 4.69) is 10.0 Å². The average Bonchev–Trinajstić information content (AvgIpc) is 2.68. The molecule has 0 fully saturated rings. The minimum Gasteiger partial charge on any atom is -0.322 e. The lowest BCUT2D eigenvalue weighted by molar-refractivity contribution is 0.101. The van der Waals surface area contributed by atoms with Crippen molar-refractivity contribution in [2.24, 2.45) is 0 Å². The molecule has 6 nitrogen and oxygen atoms in total. The number of benzene rings is 3. The first-order valence-electron chi connectivity index (χ1n) is 8.87. The normalized spacial score (nSPS) is 11.0. The lowest BCUT2D eigenvalue weighted by Crippen LogP contribution is -2.18. The van der Waals surface area contributed by atoms with E-state index in [1.54, 1.807) is 24.3 Å². The number of carbonyl (C=O) groups excluding carboxylic acids is 2. The molecule has 0 heterocycles. The molecule has 2 N–H and O–H groups in total. The van der Waals surface area contributed by atoms with E-state index in [9.17, 15) is 18.0 Å². The number of Topliss-reactive ketones (excluding diaryl/α,β-unsaturated/α-hetero) is 1. The molecule has 0 atom stereocenters. The molecule has 3 aromatic carbocycles. The van der Waals surface area contributed by atoms with Crippen molar-refractivity contribution in [3.8, 4) is 0 Å². The Kier molecular flexibility index (Phi) is 5.79. The third-order valence-corrected chi connectivity index (χ3v) is 5.64. The quantitative estimate of drug-likeness (QED) is 0.597. The Morgan fingerprint density at radius 3 is 2.21 bits per heavy atom. The monoisotopic (exact) mass is 408 g/mol. The van der Waals surface area contributed by atoms with E-state index in [1.165, 1.54) is 37.3 Å². The summed E-state index contributed by atoms with van der Waals surface area (Å²) in [6.45, 7) is 3.32. The lowest BCUT2D eigenvalue weighted by atomic mass is 10.1. The summed E-state index contributed by atoms with van der Waals surface area (Å²) >= 11 is 0. The fourth-order valence-corrected chi connectivity index (χ4v) is 3.84. The maximum absolute atomic E-state index is 12.7. The lowest BCUT2D eigenvalue weighted by Gasteiger charge is -2.13. The van der Waals surface area contributed by atoms with Crippen LogP contribution in [0, 0.1) is 6.92 Å². The Morgan fingerprint density at radius 1 is 0.862 bits per heavy atom. The number of aryl methyl sites for hydroxylation is 1. The van der Waals surface area contributed by atoms with E-state index in [1.807, 2.05) is 25.1 Å². The van der Waals surface area contributed by atoms with Crippen LogP contribution in [0.25, 0.3) is 0 Å². The summed E-state index contributed by atoms with van der Waals surface area (Å²) < 4.78 is 27.9. The van der Waals surface area contributed by atoms with Crippen molar-refractivity contribution in [3.63, 3.8) is 0 Å². The standard InChI is InChI=1S/C22H20N2O4S/c1-15-6-5-7-18(14-15)23-22(26)20-8-3-4-9-21(20)24-29(27,28)19-12-10-17(11-13-19)16(2)25/h3-14,24H,1-2H3,(H,23,26). The first-order chi connectivity index (χ1) is 13.8. The number of para-hydroxylation sites is 1. The molecule has 0 unspecified atom stereocenters. The Balaban J connectivity index is 1.86. The van der Waals surface area contributed by atoms with Crippen molar-refractivity contribution in [1.82, 2.24) is 0 Å². The molecule has 29 heavy (non-hydrogen) atoms. The summed E-state index contributed by atoms with van der Waals surface area (Å²) in [5.41, 5.74) is 2.38. The first kappa shape index (κ1) is 20.3. The van der Waals surface area contributed by atoms with E-state index < -0.39 is 15.9 Å². The van der Waals surface area contributed by atoms with Crippen LogP contribution < -0.4 is 10.0 Å². The van der Waals surface area contributed by atoms with Crippen LogP contribution in [0.15, 0.2) is 77.7 Å². The first-order valence-corrected chi connectivity index (χ1v) is 10.4. The maximum atomic E-state index is 12.7. The van der Waals surface area contributed by atoms with Gasteiger partial charge in [-0.05, 0) is 55.8 Å². The molecule has 0 aliphatic carbocycles. The van der Waals surface area contributed by atoms with E-state index >= 15 is 0 Å². The average molecular weight is 408 g/mol. The van der Waals surface area contributed by atoms with Gasteiger partial charge in [0.05, 0.1) is 16.1 Å². The highest BCUT2D eigenvalue weighted by atomic mass is 32.2. The highest BCUT2D eigenvalue weighted by Gasteiger charge is 2.19. The summed E-state index contributed by atoms with van der Waals surface area (Å²) in [6.07, 6.45) is 0.